The van der Waals surface area contributed by atoms with Gasteiger partial charge in [0.25, 0.3) is 0 Å². The molecule has 0 heterocycles. The van der Waals surface area contributed by atoms with Crippen molar-refractivity contribution in [3.05, 3.63) is 76.3 Å². The van der Waals surface area contributed by atoms with E-state index in [2.05, 4.69) is 64.5 Å². The van der Waals surface area contributed by atoms with Crippen LogP contribution in [0.2, 0.25) is 0 Å². The van der Waals surface area contributed by atoms with Gasteiger partial charge in [0.15, 0.2) is 0 Å². The number of aliphatic hydroxyl groups is 1. The van der Waals surface area contributed by atoms with Gasteiger partial charge in [-0.1, -0.05) is 89.4 Å². The van der Waals surface area contributed by atoms with E-state index >= 15 is 0 Å². The van der Waals surface area contributed by atoms with E-state index < -0.39 is 5.60 Å². The lowest BCUT2D eigenvalue weighted by atomic mass is 9.95. The molecule has 2 aliphatic rings. The standard InChI is InChI=1S/C21H21BrO/c22-20(21(23)17-13-7-8-14-18(17)21)19(15-9-3-1-4-10-15)16-11-5-2-6-12-16/h1-6,9-12,17-18,23H,7-8,13-14H2/t17-,18+,21?. The largest absolute Gasteiger partial charge is 0.384 e. The second-order valence-electron chi connectivity index (χ2n) is 6.74. The van der Waals surface area contributed by atoms with Crippen molar-refractivity contribution in [2.75, 3.05) is 0 Å². The first kappa shape index (κ1) is 15.2. The van der Waals surface area contributed by atoms with Crippen LogP contribution in [0.5, 0.6) is 0 Å². The number of hydrogen-bond acceptors (Lipinski definition) is 1. The minimum Gasteiger partial charge on any atom is -0.384 e. The zero-order chi connectivity index (χ0) is 15.9. The van der Waals surface area contributed by atoms with Crippen molar-refractivity contribution >= 4 is 21.5 Å². The third kappa shape index (κ3) is 2.49. The van der Waals surface area contributed by atoms with Crippen LogP contribution in [0.4, 0.5) is 0 Å². The number of benzene rings is 2. The molecule has 2 fully saturated rings. The van der Waals surface area contributed by atoms with Gasteiger partial charge in [-0.2, -0.15) is 0 Å². The van der Waals surface area contributed by atoms with Gasteiger partial charge >= 0.3 is 0 Å². The summed E-state index contributed by atoms with van der Waals surface area (Å²) in [4.78, 5) is 0. The Morgan fingerprint density at radius 3 is 1.70 bits per heavy atom. The number of halogens is 1. The van der Waals surface area contributed by atoms with E-state index in [9.17, 15) is 5.11 Å². The highest BCUT2D eigenvalue weighted by atomic mass is 79.9. The summed E-state index contributed by atoms with van der Waals surface area (Å²) in [5.41, 5.74) is 2.77. The van der Waals surface area contributed by atoms with Crippen molar-refractivity contribution in [3.63, 3.8) is 0 Å². The van der Waals surface area contributed by atoms with Crippen molar-refractivity contribution in [1.82, 2.24) is 0 Å². The van der Waals surface area contributed by atoms with E-state index in [1.165, 1.54) is 12.8 Å². The minimum atomic E-state index is -0.669. The number of rotatable bonds is 3. The quantitative estimate of drug-likeness (QED) is 0.769. The van der Waals surface area contributed by atoms with Crippen LogP contribution in [-0.2, 0) is 0 Å². The van der Waals surface area contributed by atoms with Gasteiger partial charge in [-0.05, 0) is 35.8 Å². The monoisotopic (exact) mass is 368 g/mol. The SMILES string of the molecule is OC1(C(Br)=C(c2ccccc2)c2ccccc2)[C@@H]2CCCC[C@@H]21. The molecule has 0 spiro atoms. The Hall–Kier alpha value is -1.38. The summed E-state index contributed by atoms with van der Waals surface area (Å²) in [7, 11) is 0. The first-order chi connectivity index (χ1) is 11.2. The summed E-state index contributed by atoms with van der Waals surface area (Å²) in [5, 5.41) is 11.3. The van der Waals surface area contributed by atoms with Gasteiger partial charge in [0, 0.05) is 10.1 Å². The second-order valence-corrected chi connectivity index (χ2v) is 7.54. The van der Waals surface area contributed by atoms with Gasteiger partial charge < -0.3 is 5.11 Å². The Balaban J connectivity index is 1.85. The maximum absolute atomic E-state index is 11.3. The molecule has 0 aromatic heterocycles. The molecular formula is C21H21BrO. The Labute approximate surface area is 146 Å². The normalized spacial score (nSPS) is 28.8. The van der Waals surface area contributed by atoms with Crippen LogP contribution in [-0.4, -0.2) is 10.7 Å². The van der Waals surface area contributed by atoms with E-state index in [-0.39, 0.29) is 0 Å². The molecule has 1 unspecified atom stereocenters. The zero-order valence-corrected chi connectivity index (χ0v) is 14.7. The Kier molecular flexibility index (Phi) is 3.90. The molecule has 3 atom stereocenters. The molecule has 0 radical (unpaired) electrons. The highest BCUT2D eigenvalue weighted by Gasteiger charge is 2.65. The molecule has 1 N–H and O–H groups in total. The van der Waals surface area contributed by atoms with E-state index in [0.717, 1.165) is 34.0 Å². The molecule has 0 aliphatic heterocycles. The van der Waals surface area contributed by atoms with E-state index in [1.807, 2.05) is 12.1 Å². The minimum absolute atomic E-state index is 0.424. The maximum atomic E-state index is 11.3. The van der Waals surface area contributed by atoms with Crippen molar-refractivity contribution in [3.8, 4) is 0 Å². The Morgan fingerprint density at radius 1 is 0.826 bits per heavy atom. The smallest absolute Gasteiger partial charge is 0.103 e. The van der Waals surface area contributed by atoms with Crippen LogP contribution >= 0.6 is 15.9 Å². The molecule has 4 rings (SSSR count). The average Bonchev–Trinajstić information content (AvgIpc) is 3.24. The fourth-order valence-corrected chi connectivity index (χ4v) is 5.29. The van der Waals surface area contributed by atoms with E-state index in [0.29, 0.717) is 11.8 Å². The van der Waals surface area contributed by atoms with Gasteiger partial charge in [-0.15, -0.1) is 0 Å². The van der Waals surface area contributed by atoms with Crippen LogP contribution in [0, 0.1) is 11.8 Å². The number of hydrogen-bond donors (Lipinski definition) is 1. The van der Waals surface area contributed by atoms with Gasteiger partial charge in [-0.3, -0.25) is 0 Å². The van der Waals surface area contributed by atoms with Gasteiger partial charge in [-0.25, -0.2) is 0 Å². The first-order valence-electron chi connectivity index (χ1n) is 8.46. The second kappa shape index (κ2) is 5.92. The third-order valence-corrected chi connectivity index (χ3v) is 6.52. The molecule has 118 valence electrons. The summed E-state index contributed by atoms with van der Waals surface area (Å²) >= 11 is 3.82. The van der Waals surface area contributed by atoms with Crippen molar-refractivity contribution in [1.29, 1.82) is 0 Å². The number of fused-ring (bicyclic) bond motifs is 1. The van der Waals surface area contributed by atoms with E-state index in [4.69, 9.17) is 0 Å². The Bertz CT molecular complexity index is 667. The predicted molar refractivity (Wildman–Crippen MR) is 98.2 cm³/mol. The lowest BCUT2D eigenvalue weighted by molar-refractivity contribution is 0.167. The van der Waals surface area contributed by atoms with Gasteiger partial charge in [0.1, 0.15) is 5.60 Å². The molecule has 0 saturated heterocycles. The molecule has 1 nitrogen and oxygen atoms in total. The highest BCUT2D eigenvalue weighted by molar-refractivity contribution is 9.12. The summed E-state index contributed by atoms with van der Waals surface area (Å²) in [6, 6.07) is 20.8. The van der Waals surface area contributed by atoms with Gasteiger partial charge in [0.2, 0.25) is 0 Å². The molecule has 2 heteroatoms. The fourth-order valence-electron chi connectivity index (χ4n) is 4.25. The Morgan fingerprint density at radius 2 is 1.26 bits per heavy atom. The van der Waals surface area contributed by atoms with Crippen molar-refractivity contribution in [2.24, 2.45) is 11.8 Å². The van der Waals surface area contributed by atoms with Crippen LogP contribution < -0.4 is 0 Å². The molecule has 2 aliphatic carbocycles. The van der Waals surface area contributed by atoms with E-state index in [1.54, 1.807) is 0 Å². The zero-order valence-electron chi connectivity index (χ0n) is 13.1. The summed E-state index contributed by atoms with van der Waals surface area (Å²) in [6.07, 6.45) is 4.78. The third-order valence-electron chi connectivity index (χ3n) is 5.48. The predicted octanol–water partition coefficient (Wildman–Crippen LogP) is 5.39. The fraction of sp³-hybridized carbons (Fsp3) is 0.333. The van der Waals surface area contributed by atoms with Crippen LogP contribution in [0.15, 0.2) is 65.1 Å². The summed E-state index contributed by atoms with van der Waals surface area (Å²) in [6.45, 7) is 0. The summed E-state index contributed by atoms with van der Waals surface area (Å²) in [5.74, 6) is 0.848. The van der Waals surface area contributed by atoms with Crippen molar-refractivity contribution in [2.45, 2.75) is 31.3 Å². The molecular weight excluding hydrogens is 348 g/mol. The molecule has 2 aromatic carbocycles. The van der Waals surface area contributed by atoms with Gasteiger partial charge in [0.05, 0.1) is 0 Å². The average molecular weight is 369 g/mol. The molecule has 23 heavy (non-hydrogen) atoms. The topological polar surface area (TPSA) is 20.2 Å². The van der Waals surface area contributed by atoms with Crippen molar-refractivity contribution < 1.29 is 5.11 Å². The molecule has 0 bridgehead atoms. The maximum Gasteiger partial charge on any atom is 0.103 e. The first-order valence-corrected chi connectivity index (χ1v) is 9.25. The lowest BCUT2D eigenvalue weighted by Gasteiger charge is -2.18. The highest BCUT2D eigenvalue weighted by Crippen LogP contribution is 2.64. The van der Waals surface area contributed by atoms with Crippen LogP contribution in [0.1, 0.15) is 36.8 Å². The molecule has 2 saturated carbocycles. The molecule has 0 amide bonds. The molecule has 2 aromatic rings. The van der Waals surface area contributed by atoms with Crippen LogP contribution in [0.25, 0.3) is 5.57 Å². The van der Waals surface area contributed by atoms with Crippen LogP contribution in [0.3, 0.4) is 0 Å². The summed E-state index contributed by atoms with van der Waals surface area (Å²) < 4.78 is 0.972. The lowest BCUT2D eigenvalue weighted by Crippen LogP contribution is -2.15.